The van der Waals surface area contributed by atoms with E-state index in [0.717, 1.165) is 23.4 Å². The van der Waals surface area contributed by atoms with Gasteiger partial charge in [0.25, 0.3) is 0 Å². The normalized spacial score (nSPS) is 15.3. The number of nitrogens with zero attached hydrogens (tertiary/aromatic N) is 2. The number of pyridine rings is 1. The largest absolute Gasteiger partial charge is 0.355 e. The van der Waals surface area contributed by atoms with Crippen LogP contribution in [0.4, 0.5) is 5.82 Å². The Labute approximate surface area is 137 Å². The Kier molecular flexibility index (Phi) is 3.27. The summed E-state index contributed by atoms with van der Waals surface area (Å²) >= 11 is 1.59. The fourth-order valence-electron chi connectivity index (χ4n) is 2.61. The number of hydrogen-bond acceptors (Lipinski definition) is 5. The van der Waals surface area contributed by atoms with E-state index < -0.39 is 5.41 Å². The van der Waals surface area contributed by atoms with Crippen LogP contribution >= 0.6 is 11.3 Å². The number of nitrogens with one attached hydrogen (secondary N) is 1. The zero-order valence-corrected chi connectivity index (χ0v) is 13.4. The van der Waals surface area contributed by atoms with Crippen LogP contribution in [0.15, 0.2) is 46.3 Å². The van der Waals surface area contributed by atoms with Crippen LogP contribution in [0.2, 0.25) is 0 Å². The molecule has 0 bridgehead atoms. The lowest BCUT2D eigenvalue weighted by Gasteiger charge is -2.12. The van der Waals surface area contributed by atoms with Crippen LogP contribution in [0.1, 0.15) is 24.2 Å². The zero-order chi connectivity index (χ0) is 15.9. The lowest BCUT2D eigenvalue weighted by atomic mass is 10.0. The van der Waals surface area contributed by atoms with Crippen molar-refractivity contribution in [1.29, 1.82) is 0 Å². The van der Waals surface area contributed by atoms with E-state index in [1.807, 2.05) is 42.6 Å². The summed E-state index contributed by atoms with van der Waals surface area (Å²) in [5.74, 6) is 1.22. The van der Waals surface area contributed by atoms with Gasteiger partial charge in [0, 0.05) is 11.8 Å². The molecule has 3 aromatic rings. The Morgan fingerprint density at radius 1 is 1.30 bits per heavy atom. The van der Waals surface area contributed by atoms with Gasteiger partial charge in [0.05, 0.1) is 16.0 Å². The molecule has 0 aliphatic heterocycles. The third-order valence-corrected chi connectivity index (χ3v) is 4.96. The summed E-state index contributed by atoms with van der Waals surface area (Å²) in [5.41, 5.74) is 0.991. The number of aryl methyl sites for hydroxylation is 1. The minimum absolute atomic E-state index is 0.0679. The molecule has 1 fully saturated rings. The first kappa shape index (κ1) is 14.1. The molecule has 3 aromatic heterocycles. The third-order valence-electron chi connectivity index (χ3n) is 4.08. The van der Waals surface area contributed by atoms with E-state index in [4.69, 9.17) is 4.52 Å². The first-order valence-corrected chi connectivity index (χ1v) is 8.31. The van der Waals surface area contributed by atoms with Gasteiger partial charge in [-0.1, -0.05) is 17.3 Å². The van der Waals surface area contributed by atoms with Crippen molar-refractivity contribution in [2.75, 3.05) is 5.32 Å². The summed E-state index contributed by atoms with van der Waals surface area (Å²) in [4.78, 5) is 18.0. The molecule has 0 spiro atoms. The Morgan fingerprint density at radius 3 is 2.87 bits per heavy atom. The van der Waals surface area contributed by atoms with Crippen LogP contribution in [-0.4, -0.2) is 16.0 Å². The quantitative estimate of drug-likeness (QED) is 0.792. The standard InChI is InChI=1S/C17H15N3O2S/c1-11-4-2-6-15(18-11)19-16(21)17(7-8-17)14-10-12(22-20-14)13-5-3-9-23-13/h2-6,9-10H,7-8H2,1H3,(H,18,19,21). The molecular weight excluding hydrogens is 310 g/mol. The van der Waals surface area contributed by atoms with Crippen molar-refractivity contribution in [3.63, 3.8) is 0 Å². The van der Waals surface area contributed by atoms with Gasteiger partial charge in [-0.25, -0.2) is 4.98 Å². The number of thiophene rings is 1. The molecule has 1 aliphatic carbocycles. The molecule has 3 heterocycles. The van der Waals surface area contributed by atoms with Gasteiger partial charge >= 0.3 is 0 Å². The lowest BCUT2D eigenvalue weighted by Crippen LogP contribution is -2.28. The molecule has 0 atom stereocenters. The summed E-state index contributed by atoms with van der Waals surface area (Å²) in [6.45, 7) is 1.90. The van der Waals surface area contributed by atoms with Crippen molar-refractivity contribution in [3.8, 4) is 10.6 Å². The van der Waals surface area contributed by atoms with Gasteiger partial charge in [-0.2, -0.15) is 0 Å². The van der Waals surface area contributed by atoms with Crippen LogP contribution in [0.5, 0.6) is 0 Å². The van der Waals surface area contributed by atoms with E-state index in [1.54, 1.807) is 17.4 Å². The Bertz CT molecular complexity index is 850. The molecule has 1 amide bonds. The second-order valence-electron chi connectivity index (χ2n) is 5.75. The maximum absolute atomic E-state index is 12.7. The predicted molar refractivity (Wildman–Crippen MR) is 88.3 cm³/mol. The molecular formula is C17H15N3O2S. The average Bonchev–Trinajstić information content (AvgIpc) is 2.98. The monoisotopic (exact) mass is 325 g/mol. The van der Waals surface area contributed by atoms with Crippen molar-refractivity contribution < 1.29 is 9.32 Å². The summed E-state index contributed by atoms with van der Waals surface area (Å²) < 4.78 is 5.42. The highest BCUT2D eigenvalue weighted by Gasteiger charge is 2.54. The number of aromatic nitrogens is 2. The topological polar surface area (TPSA) is 68.0 Å². The first-order valence-electron chi connectivity index (χ1n) is 7.44. The molecule has 0 aromatic carbocycles. The lowest BCUT2D eigenvalue weighted by molar-refractivity contribution is -0.118. The molecule has 1 aliphatic rings. The molecule has 0 unspecified atom stereocenters. The van der Waals surface area contributed by atoms with Crippen LogP contribution in [0.3, 0.4) is 0 Å². The molecule has 0 radical (unpaired) electrons. The second-order valence-corrected chi connectivity index (χ2v) is 6.70. The van der Waals surface area contributed by atoms with Crippen molar-refractivity contribution in [2.45, 2.75) is 25.2 Å². The van der Waals surface area contributed by atoms with Crippen LogP contribution in [0, 0.1) is 6.92 Å². The second kappa shape index (κ2) is 5.31. The number of anilines is 1. The zero-order valence-electron chi connectivity index (χ0n) is 12.6. The van der Waals surface area contributed by atoms with Crippen LogP contribution < -0.4 is 5.32 Å². The van der Waals surface area contributed by atoms with E-state index in [0.29, 0.717) is 17.3 Å². The summed E-state index contributed by atoms with van der Waals surface area (Å²) in [6, 6.07) is 11.4. The van der Waals surface area contributed by atoms with E-state index in [1.165, 1.54) is 0 Å². The third kappa shape index (κ3) is 2.55. The van der Waals surface area contributed by atoms with Gasteiger partial charge in [0.2, 0.25) is 5.91 Å². The molecule has 4 rings (SSSR count). The molecule has 1 saturated carbocycles. The fraction of sp³-hybridized carbons (Fsp3) is 0.235. The first-order chi connectivity index (χ1) is 11.2. The number of carbonyl (C=O) groups excluding carboxylic acids is 1. The SMILES string of the molecule is Cc1cccc(NC(=O)C2(c3cc(-c4cccs4)on3)CC2)n1. The molecule has 116 valence electrons. The molecule has 0 saturated heterocycles. The number of carbonyl (C=O) groups is 1. The van der Waals surface area contributed by atoms with Crippen LogP contribution in [-0.2, 0) is 10.2 Å². The fourth-order valence-corrected chi connectivity index (χ4v) is 3.28. The highest BCUT2D eigenvalue weighted by molar-refractivity contribution is 7.13. The Hall–Kier alpha value is -2.47. The van der Waals surface area contributed by atoms with E-state index in [9.17, 15) is 4.79 Å². The predicted octanol–water partition coefficient (Wildman–Crippen LogP) is 3.78. The van der Waals surface area contributed by atoms with E-state index >= 15 is 0 Å². The van der Waals surface area contributed by atoms with E-state index in [2.05, 4.69) is 15.5 Å². The minimum atomic E-state index is -0.579. The Morgan fingerprint density at radius 2 is 2.17 bits per heavy atom. The van der Waals surface area contributed by atoms with Crippen molar-refractivity contribution in [2.24, 2.45) is 0 Å². The summed E-state index contributed by atoms with van der Waals surface area (Å²) in [5, 5.41) is 9.02. The molecule has 23 heavy (non-hydrogen) atoms. The smallest absolute Gasteiger partial charge is 0.237 e. The van der Waals surface area contributed by atoms with Crippen molar-refractivity contribution in [1.82, 2.24) is 10.1 Å². The highest BCUT2D eigenvalue weighted by Crippen LogP contribution is 2.49. The van der Waals surface area contributed by atoms with Gasteiger partial charge in [0.1, 0.15) is 5.82 Å². The van der Waals surface area contributed by atoms with Crippen molar-refractivity contribution >= 4 is 23.1 Å². The van der Waals surface area contributed by atoms with Gasteiger partial charge in [-0.15, -0.1) is 11.3 Å². The minimum Gasteiger partial charge on any atom is -0.355 e. The summed E-state index contributed by atoms with van der Waals surface area (Å²) in [7, 11) is 0. The summed E-state index contributed by atoms with van der Waals surface area (Å²) in [6.07, 6.45) is 1.56. The number of amides is 1. The van der Waals surface area contributed by atoms with Gasteiger partial charge in [0.15, 0.2) is 5.76 Å². The van der Waals surface area contributed by atoms with Gasteiger partial charge < -0.3 is 9.84 Å². The van der Waals surface area contributed by atoms with Gasteiger partial charge in [-0.3, -0.25) is 4.79 Å². The van der Waals surface area contributed by atoms with Crippen LogP contribution in [0.25, 0.3) is 10.6 Å². The molecule has 1 N–H and O–H groups in total. The highest BCUT2D eigenvalue weighted by atomic mass is 32.1. The number of hydrogen-bond donors (Lipinski definition) is 1. The van der Waals surface area contributed by atoms with E-state index in [-0.39, 0.29) is 5.91 Å². The van der Waals surface area contributed by atoms with Crippen molar-refractivity contribution in [3.05, 3.63) is 53.2 Å². The molecule has 5 nitrogen and oxygen atoms in total. The maximum Gasteiger partial charge on any atom is 0.237 e. The van der Waals surface area contributed by atoms with Gasteiger partial charge in [-0.05, 0) is 43.3 Å². The number of rotatable bonds is 4. The average molecular weight is 325 g/mol. The maximum atomic E-state index is 12.7. The Balaban J connectivity index is 1.57. The molecule has 6 heteroatoms.